The number of oxime groups is 1. The van der Waals surface area contributed by atoms with Gasteiger partial charge in [0, 0.05) is 19.2 Å². The Kier molecular flexibility index (Phi) is 5.85. The van der Waals surface area contributed by atoms with E-state index in [-0.39, 0.29) is 11.7 Å². The molecule has 0 radical (unpaired) electrons. The molecule has 0 saturated heterocycles. The van der Waals surface area contributed by atoms with Gasteiger partial charge in [-0.15, -0.1) is 0 Å². The largest absolute Gasteiger partial charge is 0.409 e. The lowest BCUT2D eigenvalue weighted by Gasteiger charge is -2.16. The number of carbonyl (C=O) groups excluding carboxylic acids is 1. The molecule has 0 aliphatic carbocycles. The van der Waals surface area contributed by atoms with Gasteiger partial charge in [0.2, 0.25) is 5.91 Å². The average molecular weight is 263 g/mol. The summed E-state index contributed by atoms with van der Waals surface area (Å²) >= 11 is 0. The van der Waals surface area contributed by atoms with Gasteiger partial charge in [-0.25, -0.2) is 0 Å². The molecule has 0 aliphatic heterocycles. The van der Waals surface area contributed by atoms with Crippen LogP contribution in [-0.4, -0.2) is 35.4 Å². The fraction of sp³-hybridized carbons (Fsp3) is 0.429. The Hall–Kier alpha value is -2.04. The Morgan fingerprint density at radius 3 is 2.53 bits per heavy atom. The number of nitrogens with zero attached hydrogens (tertiary/aromatic N) is 2. The Balaban J connectivity index is 2.60. The number of benzene rings is 1. The summed E-state index contributed by atoms with van der Waals surface area (Å²) in [6, 6.07) is 7.12. The molecule has 0 aliphatic rings. The van der Waals surface area contributed by atoms with E-state index in [0.717, 1.165) is 24.9 Å². The van der Waals surface area contributed by atoms with Crippen LogP contribution in [0.5, 0.6) is 0 Å². The molecule has 5 heteroatoms. The molecule has 0 spiro atoms. The van der Waals surface area contributed by atoms with Gasteiger partial charge in [0.25, 0.3) is 0 Å². The lowest BCUT2D eigenvalue weighted by Crippen LogP contribution is -2.29. The molecule has 5 nitrogen and oxygen atoms in total. The minimum absolute atomic E-state index is 0.0675. The molecule has 0 unspecified atom stereocenters. The third-order valence-electron chi connectivity index (χ3n) is 2.99. The Labute approximate surface area is 113 Å². The van der Waals surface area contributed by atoms with Crippen LogP contribution >= 0.6 is 0 Å². The number of hydrogen-bond acceptors (Lipinski definition) is 3. The van der Waals surface area contributed by atoms with Crippen molar-refractivity contribution >= 4 is 11.7 Å². The highest BCUT2D eigenvalue weighted by Gasteiger charge is 2.09. The SMILES string of the molecule is CCCCN(C)C(=O)Cc1ccc(C(N)=NO)cc1. The summed E-state index contributed by atoms with van der Waals surface area (Å²) in [4.78, 5) is 13.7. The predicted molar refractivity (Wildman–Crippen MR) is 75.2 cm³/mol. The van der Waals surface area contributed by atoms with Crippen molar-refractivity contribution in [3.05, 3.63) is 35.4 Å². The molecule has 1 amide bonds. The van der Waals surface area contributed by atoms with E-state index in [4.69, 9.17) is 10.9 Å². The molecule has 0 atom stereocenters. The Morgan fingerprint density at radius 1 is 1.37 bits per heavy atom. The van der Waals surface area contributed by atoms with Gasteiger partial charge in [-0.05, 0) is 12.0 Å². The standard InChI is InChI=1S/C14H21N3O2/c1-3-4-9-17(2)13(18)10-11-5-7-12(8-6-11)14(15)16-19/h5-8,19H,3-4,9-10H2,1-2H3,(H2,15,16). The third-order valence-corrected chi connectivity index (χ3v) is 2.99. The van der Waals surface area contributed by atoms with E-state index in [0.29, 0.717) is 12.0 Å². The molecule has 104 valence electrons. The summed E-state index contributed by atoms with van der Waals surface area (Å²) in [5.74, 6) is 0.169. The highest BCUT2D eigenvalue weighted by Crippen LogP contribution is 2.07. The first kappa shape index (κ1) is 15.0. The van der Waals surface area contributed by atoms with Gasteiger partial charge in [0.05, 0.1) is 6.42 Å². The molecule has 19 heavy (non-hydrogen) atoms. The van der Waals surface area contributed by atoms with E-state index in [2.05, 4.69) is 12.1 Å². The zero-order valence-corrected chi connectivity index (χ0v) is 11.5. The third kappa shape index (κ3) is 4.62. The molecule has 1 aromatic carbocycles. The molecule has 1 rings (SSSR count). The van der Waals surface area contributed by atoms with Crippen molar-refractivity contribution < 1.29 is 10.0 Å². The molecule has 0 aromatic heterocycles. The van der Waals surface area contributed by atoms with Crippen LogP contribution in [0.25, 0.3) is 0 Å². The minimum atomic E-state index is 0.0675. The van der Waals surface area contributed by atoms with E-state index < -0.39 is 0 Å². The van der Waals surface area contributed by atoms with Gasteiger partial charge in [0.1, 0.15) is 0 Å². The van der Waals surface area contributed by atoms with Crippen LogP contribution in [0.15, 0.2) is 29.4 Å². The maximum Gasteiger partial charge on any atom is 0.226 e. The van der Waals surface area contributed by atoms with Crippen molar-refractivity contribution in [2.75, 3.05) is 13.6 Å². The normalized spacial score (nSPS) is 11.4. The number of nitrogens with two attached hydrogens (primary N) is 1. The van der Waals surface area contributed by atoms with Crippen LogP contribution in [0.4, 0.5) is 0 Å². The predicted octanol–water partition coefficient (Wildman–Crippen LogP) is 1.58. The summed E-state index contributed by atoms with van der Waals surface area (Å²) in [5, 5.41) is 11.5. The monoisotopic (exact) mass is 263 g/mol. The second-order valence-corrected chi connectivity index (χ2v) is 4.53. The summed E-state index contributed by atoms with van der Waals surface area (Å²) in [6.45, 7) is 2.89. The van der Waals surface area contributed by atoms with E-state index in [9.17, 15) is 4.79 Å². The molecule has 0 heterocycles. The van der Waals surface area contributed by atoms with Gasteiger partial charge >= 0.3 is 0 Å². The zero-order chi connectivity index (χ0) is 14.3. The molecule has 0 fully saturated rings. The molecule has 0 saturated carbocycles. The lowest BCUT2D eigenvalue weighted by molar-refractivity contribution is -0.129. The highest BCUT2D eigenvalue weighted by atomic mass is 16.4. The second kappa shape index (κ2) is 7.41. The van der Waals surface area contributed by atoms with Gasteiger partial charge < -0.3 is 15.8 Å². The minimum Gasteiger partial charge on any atom is -0.409 e. The maximum absolute atomic E-state index is 11.9. The van der Waals surface area contributed by atoms with E-state index in [1.807, 2.05) is 19.2 Å². The molecular formula is C14H21N3O2. The number of amides is 1. The summed E-state index contributed by atoms with van der Waals surface area (Å²) < 4.78 is 0. The van der Waals surface area contributed by atoms with Crippen LogP contribution in [-0.2, 0) is 11.2 Å². The van der Waals surface area contributed by atoms with Crippen LogP contribution in [0.3, 0.4) is 0 Å². The fourth-order valence-electron chi connectivity index (χ4n) is 1.68. The zero-order valence-electron chi connectivity index (χ0n) is 11.5. The topological polar surface area (TPSA) is 78.9 Å². The van der Waals surface area contributed by atoms with Crippen molar-refractivity contribution in [3.8, 4) is 0 Å². The highest BCUT2D eigenvalue weighted by molar-refractivity contribution is 5.97. The number of carbonyl (C=O) groups is 1. The summed E-state index contributed by atoms with van der Waals surface area (Å²) in [7, 11) is 1.82. The van der Waals surface area contributed by atoms with E-state index in [1.54, 1.807) is 17.0 Å². The molecule has 0 bridgehead atoms. The van der Waals surface area contributed by atoms with Crippen LogP contribution in [0.2, 0.25) is 0 Å². The smallest absolute Gasteiger partial charge is 0.226 e. The summed E-state index contributed by atoms with van der Waals surface area (Å²) in [5.41, 5.74) is 7.03. The number of rotatable bonds is 6. The van der Waals surface area contributed by atoms with Gasteiger partial charge in [-0.1, -0.05) is 42.8 Å². The molecular weight excluding hydrogens is 242 g/mol. The van der Waals surface area contributed by atoms with Crippen LogP contribution in [0, 0.1) is 0 Å². The van der Waals surface area contributed by atoms with Gasteiger partial charge in [-0.3, -0.25) is 4.79 Å². The van der Waals surface area contributed by atoms with Crippen molar-refractivity contribution in [2.24, 2.45) is 10.9 Å². The van der Waals surface area contributed by atoms with Crippen molar-refractivity contribution in [1.82, 2.24) is 4.90 Å². The van der Waals surface area contributed by atoms with E-state index >= 15 is 0 Å². The molecule has 1 aromatic rings. The van der Waals surface area contributed by atoms with Crippen LogP contribution < -0.4 is 5.73 Å². The number of unbranched alkanes of at least 4 members (excludes halogenated alkanes) is 1. The quantitative estimate of drug-likeness (QED) is 0.354. The van der Waals surface area contributed by atoms with E-state index in [1.165, 1.54) is 0 Å². The lowest BCUT2D eigenvalue weighted by atomic mass is 10.1. The molecule has 3 N–H and O–H groups in total. The second-order valence-electron chi connectivity index (χ2n) is 4.53. The average Bonchev–Trinajstić information content (AvgIpc) is 2.44. The maximum atomic E-state index is 11.9. The van der Waals surface area contributed by atoms with Crippen molar-refractivity contribution in [1.29, 1.82) is 0 Å². The Morgan fingerprint density at radius 2 is 2.00 bits per heavy atom. The first-order valence-electron chi connectivity index (χ1n) is 6.39. The fourth-order valence-corrected chi connectivity index (χ4v) is 1.68. The first-order chi connectivity index (χ1) is 9.08. The van der Waals surface area contributed by atoms with Crippen LogP contribution in [0.1, 0.15) is 30.9 Å². The van der Waals surface area contributed by atoms with Gasteiger partial charge in [-0.2, -0.15) is 0 Å². The number of likely N-dealkylation sites (N-methyl/N-ethyl adjacent to an activating group) is 1. The van der Waals surface area contributed by atoms with Crippen molar-refractivity contribution in [3.63, 3.8) is 0 Å². The number of hydrogen-bond donors (Lipinski definition) is 2. The first-order valence-corrected chi connectivity index (χ1v) is 6.39. The van der Waals surface area contributed by atoms with Crippen molar-refractivity contribution in [2.45, 2.75) is 26.2 Å². The Bertz CT molecular complexity index is 441. The summed E-state index contributed by atoms with van der Waals surface area (Å²) in [6.07, 6.45) is 2.47. The van der Waals surface area contributed by atoms with Gasteiger partial charge in [0.15, 0.2) is 5.84 Å². The number of amidine groups is 1.